The van der Waals surface area contributed by atoms with Crippen molar-refractivity contribution in [1.82, 2.24) is 9.80 Å². The monoisotopic (exact) mass is 434 g/mol. The summed E-state index contributed by atoms with van der Waals surface area (Å²) >= 11 is 0. The second-order valence-corrected chi connectivity index (χ2v) is 8.98. The molecular weight excluding hydrogens is 392 g/mol. The Bertz CT molecular complexity index is 623. The van der Waals surface area contributed by atoms with Crippen molar-refractivity contribution in [3.63, 3.8) is 0 Å². The van der Waals surface area contributed by atoms with Crippen molar-refractivity contribution in [2.75, 3.05) is 19.7 Å². The number of furan rings is 1. The number of carbonyl (C=O) groups is 2. The molecule has 2 heterocycles. The Kier molecular flexibility index (Phi) is 11.7. The molecule has 0 aromatic carbocycles. The summed E-state index contributed by atoms with van der Waals surface area (Å²) in [5.41, 5.74) is 0. The number of ether oxygens (including phenoxy) is 1. The van der Waals surface area contributed by atoms with Gasteiger partial charge in [-0.1, -0.05) is 45.4 Å². The van der Waals surface area contributed by atoms with Crippen molar-refractivity contribution in [3.8, 4) is 0 Å². The molecule has 1 aliphatic rings. The van der Waals surface area contributed by atoms with E-state index in [0.29, 0.717) is 19.5 Å². The number of amides is 2. The van der Waals surface area contributed by atoms with Crippen molar-refractivity contribution < 1.29 is 18.7 Å². The fourth-order valence-electron chi connectivity index (χ4n) is 4.06. The van der Waals surface area contributed by atoms with E-state index in [9.17, 15) is 9.59 Å². The Labute approximate surface area is 188 Å². The second-order valence-electron chi connectivity index (χ2n) is 8.98. The molecule has 0 unspecified atom stereocenters. The quantitative estimate of drug-likeness (QED) is 0.358. The third-order valence-electron chi connectivity index (χ3n) is 5.97. The van der Waals surface area contributed by atoms with Crippen LogP contribution in [0.3, 0.4) is 0 Å². The molecule has 176 valence electrons. The van der Waals surface area contributed by atoms with Gasteiger partial charge in [-0.15, -0.1) is 0 Å². The third-order valence-corrected chi connectivity index (χ3v) is 5.97. The normalized spacial score (nSPS) is 16.1. The molecule has 2 amide bonds. The predicted octanol–water partition coefficient (Wildman–Crippen LogP) is 5.16. The second kappa shape index (κ2) is 14.3. The maximum absolute atomic E-state index is 13.2. The number of hydrogen-bond acceptors (Lipinski definition) is 4. The fourth-order valence-corrected chi connectivity index (χ4v) is 4.06. The lowest BCUT2D eigenvalue weighted by atomic mass is 10.1. The summed E-state index contributed by atoms with van der Waals surface area (Å²) in [5.74, 6) is 0.775. The van der Waals surface area contributed by atoms with Gasteiger partial charge in [-0.3, -0.25) is 9.59 Å². The summed E-state index contributed by atoms with van der Waals surface area (Å²) in [7, 11) is 0. The first kappa shape index (κ1) is 25.4. The lowest BCUT2D eigenvalue weighted by Crippen LogP contribution is -2.47. The molecule has 1 saturated heterocycles. The molecule has 0 bridgehead atoms. The number of nitrogens with zero attached hydrogens (tertiary/aromatic N) is 2. The summed E-state index contributed by atoms with van der Waals surface area (Å²) in [6.45, 7) is 7.99. The van der Waals surface area contributed by atoms with Crippen molar-refractivity contribution >= 4 is 11.8 Å². The Morgan fingerprint density at radius 3 is 2.45 bits per heavy atom. The van der Waals surface area contributed by atoms with Crippen molar-refractivity contribution in [2.24, 2.45) is 0 Å². The molecule has 6 nitrogen and oxygen atoms in total. The largest absolute Gasteiger partial charge is 0.467 e. The summed E-state index contributed by atoms with van der Waals surface area (Å²) in [4.78, 5) is 29.5. The Hall–Kier alpha value is -1.82. The minimum absolute atomic E-state index is 0.00537. The van der Waals surface area contributed by atoms with E-state index in [2.05, 4.69) is 6.92 Å². The van der Waals surface area contributed by atoms with E-state index in [1.807, 2.05) is 26.0 Å². The molecule has 0 spiro atoms. The van der Waals surface area contributed by atoms with Crippen LogP contribution in [-0.4, -0.2) is 53.5 Å². The van der Waals surface area contributed by atoms with Gasteiger partial charge in [0, 0.05) is 25.6 Å². The topological polar surface area (TPSA) is 63.0 Å². The van der Waals surface area contributed by atoms with Crippen molar-refractivity contribution in [3.05, 3.63) is 24.2 Å². The zero-order valence-electron chi connectivity index (χ0n) is 19.8. The van der Waals surface area contributed by atoms with Gasteiger partial charge in [0.05, 0.1) is 25.5 Å². The Morgan fingerprint density at radius 2 is 1.84 bits per heavy atom. The first-order chi connectivity index (χ1) is 15.0. The van der Waals surface area contributed by atoms with Gasteiger partial charge in [-0.2, -0.15) is 0 Å². The standard InChI is InChI=1S/C25H42N2O4/c1-4-5-6-7-8-9-10-15-24(28)27(21(2)3)20-25(29)26(18-22-13-11-16-30-22)19-23-14-12-17-31-23/h11,13,16,21,23H,4-10,12,14-15,17-20H2,1-3H3/t23-/m0/s1. The first-order valence-corrected chi connectivity index (χ1v) is 12.2. The molecule has 1 aromatic rings. The first-order valence-electron chi connectivity index (χ1n) is 12.2. The molecular formula is C25H42N2O4. The van der Waals surface area contributed by atoms with Crippen LogP contribution in [0.1, 0.15) is 90.7 Å². The van der Waals surface area contributed by atoms with Crippen molar-refractivity contribution in [1.29, 1.82) is 0 Å². The molecule has 6 heteroatoms. The molecule has 1 fully saturated rings. The smallest absolute Gasteiger partial charge is 0.242 e. The average molecular weight is 435 g/mol. The van der Waals surface area contributed by atoms with Crippen LogP contribution in [0.25, 0.3) is 0 Å². The molecule has 1 aliphatic heterocycles. The summed E-state index contributed by atoms with van der Waals surface area (Å²) < 4.78 is 11.2. The molecule has 1 atom stereocenters. The molecule has 0 saturated carbocycles. The zero-order valence-corrected chi connectivity index (χ0v) is 19.8. The minimum atomic E-state index is -0.0477. The third kappa shape index (κ3) is 9.46. The van der Waals surface area contributed by atoms with Crippen LogP contribution >= 0.6 is 0 Å². The van der Waals surface area contributed by atoms with Crippen LogP contribution in [0.15, 0.2) is 22.8 Å². The van der Waals surface area contributed by atoms with E-state index in [0.717, 1.165) is 38.1 Å². The minimum Gasteiger partial charge on any atom is -0.467 e. The lowest BCUT2D eigenvalue weighted by Gasteiger charge is -2.31. The molecule has 0 N–H and O–H groups in total. The number of carbonyl (C=O) groups excluding carboxylic acids is 2. The molecule has 0 radical (unpaired) electrons. The Morgan fingerprint density at radius 1 is 1.10 bits per heavy atom. The fraction of sp³-hybridized carbons (Fsp3) is 0.760. The van der Waals surface area contributed by atoms with Crippen LogP contribution in [0.5, 0.6) is 0 Å². The van der Waals surface area contributed by atoms with E-state index in [1.54, 1.807) is 16.1 Å². The highest BCUT2D eigenvalue weighted by atomic mass is 16.5. The van der Waals surface area contributed by atoms with E-state index in [1.165, 1.54) is 32.1 Å². The van der Waals surface area contributed by atoms with Crippen LogP contribution in [0, 0.1) is 0 Å². The van der Waals surface area contributed by atoms with Gasteiger partial charge in [-0.05, 0) is 45.2 Å². The van der Waals surface area contributed by atoms with Crippen LogP contribution in [0.2, 0.25) is 0 Å². The van der Waals surface area contributed by atoms with E-state index < -0.39 is 0 Å². The maximum atomic E-state index is 13.2. The predicted molar refractivity (Wildman–Crippen MR) is 123 cm³/mol. The molecule has 31 heavy (non-hydrogen) atoms. The highest BCUT2D eigenvalue weighted by Crippen LogP contribution is 2.17. The van der Waals surface area contributed by atoms with E-state index >= 15 is 0 Å². The van der Waals surface area contributed by atoms with Gasteiger partial charge in [0.2, 0.25) is 11.8 Å². The summed E-state index contributed by atoms with van der Waals surface area (Å²) in [5, 5.41) is 0. The van der Waals surface area contributed by atoms with E-state index in [-0.39, 0.29) is 30.5 Å². The van der Waals surface area contributed by atoms with Gasteiger partial charge < -0.3 is 19.0 Å². The van der Waals surface area contributed by atoms with Crippen LogP contribution < -0.4 is 0 Å². The number of unbranched alkanes of at least 4 members (excludes halogenated alkanes) is 6. The Balaban J connectivity index is 1.86. The summed E-state index contributed by atoms with van der Waals surface area (Å²) in [6, 6.07) is 3.70. The summed E-state index contributed by atoms with van der Waals surface area (Å²) in [6.07, 6.45) is 12.4. The highest BCUT2D eigenvalue weighted by Gasteiger charge is 2.27. The van der Waals surface area contributed by atoms with Crippen LogP contribution in [0.4, 0.5) is 0 Å². The van der Waals surface area contributed by atoms with Crippen LogP contribution in [-0.2, 0) is 20.9 Å². The lowest BCUT2D eigenvalue weighted by molar-refractivity contribution is -0.143. The maximum Gasteiger partial charge on any atom is 0.242 e. The van der Waals surface area contributed by atoms with Gasteiger partial charge in [0.1, 0.15) is 5.76 Å². The van der Waals surface area contributed by atoms with Gasteiger partial charge in [0.15, 0.2) is 0 Å². The van der Waals surface area contributed by atoms with Crippen molar-refractivity contribution in [2.45, 2.75) is 104 Å². The SMILES string of the molecule is CCCCCCCCCC(=O)N(CC(=O)N(Cc1ccco1)C[C@@H]1CCCO1)C(C)C. The van der Waals surface area contributed by atoms with Gasteiger partial charge in [-0.25, -0.2) is 0 Å². The highest BCUT2D eigenvalue weighted by molar-refractivity contribution is 5.85. The number of hydrogen-bond donors (Lipinski definition) is 0. The van der Waals surface area contributed by atoms with Gasteiger partial charge >= 0.3 is 0 Å². The molecule has 2 rings (SSSR count). The van der Waals surface area contributed by atoms with Gasteiger partial charge in [0.25, 0.3) is 0 Å². The average Bonchev–Trinajstić information content (AvgIpc) is 3.44. The van der Waals surface area contributed by atoms with E-state index in [4.69, 9.17) is 9.15 Å². The zero-order chi connectivity index (χ0) is 22.5. The molecule has 1 aromatic heterocycles. The number of rotatable bonds is 15. The molecule has 0 aliphatic carbocycles.